The fraction of sp³-hybridized carbons (Fsp3) is 0.500. The maximum absolute atomic E-state index is 11.6. The molecule has 1 aliphatic carbocycles. The average Bonchev–Trinajstić information content (AvgIpc) is 2.39. The van der Waals surface area contributed by atoms with Gasteiger partial charge in [0.25, 0.3) is 0 Å². The van der Waals surface area contributed by atoms with Crippen molar-refractivity contribution < 1.29 is 9.53 Å². The highest BCUT2D eigenvalue weighted by Crippen LogP contribution is 2.33. The topological polar surface area (TPSA) is 52.3 Å². The van der Waals surface area contributed by atoms with Crippen molar-refractivity contribution in [2.24, 2.45) is 0 Å². The number of methoxy groups -OCH3 is 1. The van der Waals surface area contributed by atoms with Gasteiger partial charge < -0.3 is 10.5 Å². The number of benzene rings is 1. The number of nitrogens with two attached hydrogens (primary N) is 1. The molecule has 0 bridgehead atoms. The molecular formula is C14H19NO2. The zero-order valence-corrected chi connectivity index (χ0v) is 10.2. The lowest BCUT2D eigenvalue weighted by atomic mass is 9.83. The number of rotatable bonds is 2. The molecule has 2 rings (SSSR count). The van der Waals surface area contributed by atoms with E-state index in [1.54, 1.807) is 0 Å². The fourth-order valence-electron chi connectivity index (χ4n) is 2.55. The molecule has 0 atom stereocenters. The molecule has 92 valence electrons. The number of hydrogen-bond acceptors (Lipinski definition) is 3. The van der Waals surface area contributed by atoms with E-state index in [-0.39, 0.29) is 5.97 Å². The Morgan fingerprint density at radius 3 is 2.65 bits per heavy atom. The van der Waals surface area contributed by atoms with Crippen LogP contribution in [0, 0.1) is 0 Å². The van der Waals surface area contributed by atoms with Gasteiger partial charge in [-0.3, -0.25) is 0 Å². The first kappa shape index (κ1) is 12.0. The Labute approximate surface area is 102 Å². The summed E-state index contributed by atoms with van der Waals surface area (Å²) >= 11 is 0. The van der Waals surface area contributed by atoms with E-state index in [1.165, 1.54) is 44.8 Å². The van der Waals surface area contributed by atoms with E-state index in [4.69, 9.17) is 10.5 Å². The van der Waals surface area contributed by atoms with Gasteiger partial charge in [0.15, 0.2) is 0 Å². The van der Waals surface area contributed by atoms with Crippen molar-refractivity contribution in [1.82, 2.24) is 0 Å². The normalized spacial score (nSPS) is 16.8. The van der Waals surface area contributed by atoms with Crippen molar-refractivity contribution in [1.29, 1.82) is 0 Å². The lowest BCUT2D eigenvalue weighted by molar-refractivity contribution is 0.0602. The van der Waals surface area contributed by atoms with Crippen LogP contribution in [0.2, 0.25) is 0 Å². The zero-order chi connectivity index (χ0) is 12.3. The van der Waals surface area contributed by atoms with E-state index in [9.17, 15) is 4.79 Å². The van der Waals surface area contributed by atoms with E-state index in [0.717, 1.165) is 0 Å². The number of ether oxygens (including phenoxy) is 1. The summed E-state index contributed by atoms with van der Waals surface area (Å²) in [5.41, 5.74) is 8.01. The van der Waals surface area contributed by atoms with Crippen molar-refractivity contribution >= 4 is 11.7 Å². The van der Waals surface area contributed by atoms with Crippen LogP contribution < -0.4 is 5.73 Å². The maximum Gasteiger partial charge on any atom is 0.339 e. The summed E-state index contributed by atoms with van der Waals surface area (Å²) < 4.78 is 4.74. The van der Waals surface area contributed by atoms with Gasteiger partial charge in [-0.05, 0) is 36.5 Å². The molecule has 0 aliphatic heterocycles. The van der Waals surface area contributed by atoms with Crippen LogP contribution in [0.1, 0.15) is 53.9 Å². The first-order valence-corrected chi connectivity index (χ1v) is 6.20. The highest BCUT2D eigenvalue weighted by molar-refractivity contribution is 5.95. The molecule has 0 aromatic heterocycles. The first-order valence-electron chi connectivity index (χ1n) is 6.20. The van der Waals surface area contributed by atoms with Gasteiger partial charge in [0, 0.05) is 5.69 Å². The van der Waals surface area contributed by atoms with Gasteiger partial charge in [0.2, 0.25) is 0 Å². The summed E-state index contributed by atoms with van der Waals surface area (Å²) in [7, 11) is 1.38. The van der Waals surface area contributed by atoms with E-state index >= 15 is 0 Å². The largest absolute Gasteiger partial charge is 0.465 e. The van der Waals surface area contributed by atoms with Gasteiger partial charge in [0.1, 0.15) is 0 Å². The number of nitrogen functional groups attached to an aromatic ring is 1. The van der Waals surface area contributed by atoms with Gasteiger partial charge in [0.05, 0.1) is 12.7 Å². The minimum atomic E-state index is -0.347. The number of hydrogen-bond donors (Lipinski definition) is 1. The zero-order valence-electron chi connectivity index (χ0n) is 10.2. The van der Waals surface area contributed by atoms with Gasteiger partial charge in [-0.2, -0.15) is 0 Å². The molecule has 1 aliphatic rings. The highest BCUT2D eigenvalue weighted by atomic mass is 16.5. The number of carbonyl (C=O) groups excluding carboxylic acids is 1. The third-order valence-electron chi connectivity index (χ3n) is 3.56. The standard InChI is InChI=1S/C14H19NO2/c1-17-14(16)12-9-11(7-8-13(12)15)10-5-3-2-4-6-10/h7-10H,2-6,15H2,1H3. The number of carbonyl (C=O) groups is 1. The van der Waals surface area contributed by atoms with Crippen LogP contribution in [-0.4, -0.2) is 13.1 Å². The third kappa shape index (κ3) is 2.60. The minimum Gasteiger partial charge on any atom is -0.465 e. The lowest BCUT2D eigenvalue weighted by Gasteiger charge is -2.22. The molecule has 3 nitrogen and oxygen atoms in total. The van der Waals surface area contributed by atoms with E-state index in [1.807, 2.05) is 18.2 Å². The summed E-state index contributed by atoms with van der Waals surface area (Å²) in [6.07, 6.45) is 6.32. The first-order chi connectivity index (χ1) is 8.22. The predicted octanol–water partition coefficient (Wildman–Crippen LogP) is 3.10. The molecule has 0 amide bonds. The fourth-order valence-corrected chi connectivity index (χ4v) is 2.55. The number of anilines is 1. The summed E-state index contributed by atoms with van der Waals surface area (Å²) in [6, 6.07) is 5.76. The van der Waals surface area contributed by atoms with Gasteiger partial charge in [-0.25, -0.2) is 4.79 Å². The summed E-state index contributed by atoms with van der Waals surface area (Å²) in [6.45, 7) is 0. The van der Waals surface area contributed by atoms with Crippen LogP contribution in [0.3, 0.4) is 0 Å². The molecule has 0 heterocycles. The second-order valence-electron chi connectivity index (χ2n) is 4.67. The summed E-state index contributed by atoms with van der Waals surface area (Å²) in [5.74, 6) is 0.230. The van der Waals surface area contributed by atoms with E-state index < -0.39 is 0 Å². The van der Waals surface area contributed by atoms with Gasteiger partial charge >= 0.3 is 5.97 Å². The molecular weight excluding hydrogens is 214 g/mol. The monoisotopic (exact) mass is 233 g/mol. The summed E-state index contributed by atoms with van der Waals surface area (Å²) in [4.78, 5) is 11.6. The van der Waals surface area contributed by atoms with Crippen molar-refractivity contribution in [3.8, 4) is 0 Å². The van der Waals surface area contributed by atoms with Crippen molar-refractivity contribution in [2.75, 3.05) is 12.8 Å². The second kappa shape index (κ2) is 5.21. The number of esters is 1. The molecule has 17 heavy (non-hydrogen) atoms. The molecule has 1 fully saturated rings. The van der Waals surface area contributed by atoms with Crippen LogP contribution in [0.4, 0.5) is 5.69 Å². The van der Waals surface area contributed by atoms with E-state index in [0.29, 0.717) is 17.2 Å². The minimum absolute atomic E-state index is 0.347. The van der Waals surface area contributed by atoms with Crippen LogP contribution in [0.25, 0.3) is 0 Å². The Morgan fingerprint density at radius 1 is 1.29 bits per heavy atom. The molecule has 2 N–H and O–H groups in total. The second-order valence-corrected chi connectivity index (χ2v) is 4.67. The Balaban J connectivity index is 2.26. The Hall–Kier alpha value is -1.51. The SMILES string of the molecule is COC(=O)c1cc(C2CCCCC2)ccc1N. The Bertz CT molecular complexity index is 409. The molecule has 1 aromatic rings. The van der Waals surface area contributed by atoms with Gasteiger partial charge in [-0.15, -0.1) is 0 Å². The predicted molar refractivity (Wildman–Crippen MR) is 68.0 cm³/mol. The molecule has 0 radical (unpaired) electrons. The van der Waals surface area contributed by atoms with Crippen LogP contribution in [-0.2, 0) is 4.74 Å². The molecule has 3 heteroatoms. The highest BCUT2D eigenvalue weighted by Gasteiger charge is 2.18. The Kier molecular flexibility index (Phi) is 3.67. The smallest absolute Gasteiger partial charge is 0.339 e. The summed E-state index contributed by atoms with van der Waals surface area (Å²) in [5, 5.41) is 0. The average molecular weight is 233 g/mol. The van der Waals surface area contributed by atoms with Gasteiger partial charge in [-0.1, -0.05) is 25.3 Å². The molecule has 0 spiro atoms. The van der Waals surface area contributed by atoms with Crippen LogP contribution >= 0.6 is 0 Å². The van der Waals surface area contributed by atoms with Crippen molar-refractivity contribution in [3.05, 3.63) is 29.3 Å². The van der Waals surface area contributed by atoms with Crippen LogP contribution in [0.15, 0.2) is 18.2 Å². The molecule has 1 aromatic carbocycles. The Morgan fingerprint density at radius 2 is 2.00 bits per heavy atom. The molecule has 0 unspecified atom stereocenters. The van der Waals surface area contributed by atoms with Crippen molar-refractivity contribution in [3.63, 3.8) is 0 Å². The third-order valence-corrected chi connectivity index (χ3v) is 3.56. The van der Waals surface area contributed by atoms with Crippen molar-refractivity contribution in [2.45, 2.75) is 38.0 Å². The van der Waals surface area contributed by atoms with Crippen LogP contribution in [0.5, 0.6) is 0 Å². The maximum atomic E-state index is 11.6. The molecule has 0 saturated heterocycles. The van der Waals surface area contributed by atoms with E-state index in [2.05, 4.69) is 0 Å². The quantitative estimate of drug-likeness (QED) is 0.630. The molecule has 1 saturated carbocycles. The lowest BCUT2D eigenvalue weighted by Crippen LogP contribution is -2.09.